The van der Waals surface area contributed by atoms with Crippen LogP contribution in [-0.4, -0.2) is 32.2 Å². The number of hydrogen-bond donors (Lipinski definition) is 1. The van der Waals surface area contributed by atoms with E-state index in [-0.39, 0.29) is 17.4 Å². The Morgan fingerprint density at radius 1 is 1.15 bits per heavy atom. The van der Waals surface area contributed by atoms with Crippen LogP contribution < -0.4 is 10.1 Å². The second-order valence-corrected chi connectivity index (χ2v) is 5.04. The fourth-order valence-electron chi connectivity index (χ4n) is 1.90. The zero-order valence-electron chi connectivity index (χ0n) is 12.0. The molecule has 0 bridgehead atoms. The molecular weight excluding hydrogens is 271 g/mol. The Labute approximate surface area is 117 Å². The summed E-state index contributed by atoms with van der Waals surface area (Å²) in [6.45, 7) is 3.91. The van der Waals surface area contributed by atoms with Gasteiger partial charge < -0.3 is 14.8 Å². The molecule has 0 aromatic heterocycles. The number of ether oxygens (including phenoxy) is 2. The van der Waals surface area contributed by atoms with E-state index < -0.39 is 6.36 Å². The van der Waals surface area contributed by atoms with Crippen LogP contribution in [0, 0.1) is 0 Å². The van der Waals surface area contributed by atoms with Crippen LogP contribution in [0.2, 0.25) is 0 Å². The monoisotopic (exact) mass is 291 g/mol. The number of methoxy groups -OCH3 is 1. The summed E-state index contributed by atoms with van der Waals surface area (Å²) in [5.41, 5.74) is 0.527. The normalized spacial score (nSPS) is 14.2. The van der Waals surface area contributed by atoms with E-state index in [1.807, 2.05) is 20.9 Å². The lowest BCUT2D eigenvalue weighted by molar-refractivity contribution is -0.274. The highest BCUT2D eigenvalue weighted by Gasteiger charge is 2.31. The molecule has 1 aromatic rings. The van der Waals surface area contributed by atoms with E-state index in [2.05, 4.69) is 10.1 Å². The number of halogens is 3. The molecule has 0 radical (unpaired) electrons. The Morgan fingerprint density at radius 3 is 2.10 bits per heavy atom. The molecule has 114 valence electrons. The van der Waals surface area contributed by atoms with Crippen molar-refractivity contribution in [2.24, 2.45) is 0 Å². The maximum absolute atomic E-state index is 12.1. The minimum Gasteiger partial charge on any atom is -0.406 e. The predicted molar refractivity (Wildman–Crippen MR) is 70.8 cm³/mol. The van der Waals surface area contributed by atoms with E-state index in [0.717, 1.165) is 5.56 Å². The molecule has 0 aliphatic carbocycles. The van der Waals surface area contributed by atoms with Crippen molar-refractivity contribution in [3.05, 3.63) is 29.8 Å². The molecule has 20 heavy (non-hydrogen) atoms. The second-order valence-electron chi connectivity index (χ2n) is 5.04. The van der Waals surface area contributed by atoms with Gasteiger partial charge in [-0.3, -0.25) is 0 Å². The van der Waals surface area contributed by atoms with Gasteiger partial charge in [-0.05, 0) is 45.0 Å². The third-order valence-electron chi connectivity index (χ3n) is 3.31. The number of nitrogens with one attached hydrogen (secondary N) is 1. The Hall–Kier alpha value is -1.27. The van der Waals surface area contributed by atoms with Crippen LogP contribution in [0.3, 0.4) is 0 Å². The quantitative estimate of drug-likeness (QED) is 0.873. The van der Waals surface area contributed by atoms with Gasteiger partial charge >= 0.3 is 6.36 Å². The number of likely N-dealkylation sites (N-methyl/N-ethyl adjacent to an activating group) is 1. The van der Waals surface area contributed by atoms with Crippen molar-refractivity contribution in [3.63, 3.8) is 0 Å². The van der Waals surface area contributed by atoms with Crippen LogP contribution in [-0.2, 0) is 11.2 Å². The van der Waals surface area contributed by atoms with Gasteiger partial charge in [-0.15, -0.1) is 13.2 Å². The second kappa shape index (κ2) is 6.45. The zero-order chi connectivity index (χ0) is 15.4. The van der Waals surface area contributed by atoms with Gasteiger partial charge in [0.2, 0.25) is 0 Å². The Morgan fingerprint density at radius 2 is 1.70 bits per heavy atom. The molecule has 6 heteroatoms. The molecule has 0 saturated carbocycles. The topological polar surface area (TPSA) is 30.5 Å². The van der Waals surface area contributed by atoms with E-state index in [1.54, 1.807) is 19.2 Å². The van der Waals surface area contributed by atoms with E-state index in [9.17, 15) is 13.2 Å². The van der Waals surface area contributed by atoms with Crippen LogP contribution >= 0.6 is 0 Å². The standard InChI is InChI=1S/C14H20F3NO2/c1-13(2,19-4)12(18-3)9-10-5-7-11(8-6-10)20-14(15,16)17/h5-8,12,18H,9H2,1-4H3. The average Bonchev–Trinajstić information content (AvgIpc) is 2.35. The van der Waals surface area contributed by atoms with Crippen molar-refractivity contribution in [3.8, 4) is 5.75 Å². The molecule has 0 amide bonds. The Kier molecular flexibility index (Phi) is 5.42. The van der Waals surface area contributed by atoms with Crippen molar-refractivity contribution >= 4 is 0 Å². The summed E-state index contributed by atoms with van der Waals surface area (Å²) in [7, 11) is 3.46. The summed E-state index contributed by atoms with van der Waals surface area (Å²) in [5.74, 6) is -0.215. The maximum atomic E-state index is 12.1. The fraction of sp³-hybridized carbons (Fsp3) is 0.571. The highest BCUT2D eigenvalue weighted by atomic mass is 19.4. The molecule has 1 unspecified atom stereocenters. The molecule has 0 aliphatic rings. The van der Waals surface area contributed by atoms with Crippen LogP contribution in [0.15, 0.2) is 24.3 Å². The lowest BCUT2D eigenvalue weighted by Crippen LogP contribution is -2.48. The van der Waals surface area contributed by atoms with Crippen LogP contribution in [0.4, 0.5) is 13.2 Å². The average molecular weight is 291 g/mol. The third-order valence-corrected chi connectivity index (χ3v) is 3.31. The molecule has 1 rings (SSSR count). The number of hydrogen-bond acceptors (Lipinski definition) is 3. The lowest BCUT2D eigenvalue weighted by atomic mass is 9.92. The smallest absolute Gasteiger partial charge is 0.406 e. The van der Waals surface area contributed by atoms with Crippen LogP contribution in [0.5, 0.6) is 5.75 Å². The molecule has 0 spiro atoms. The van der Waals surface area contributed by atoms with Gasteiger partial charge in [0.15, 0.2) is 0 Å². The molecule has 1 N–H and O–H groups in total. The first kappa shape index (κ1) is 16.8. The molecule has 0 saturated heterocycles. The van der Waals surface area contributed by atoms with Crippen LogP contribution in [0.25, 0.3) is 0 Å². The van der Waals surface area contributed by atoms with E-state index in [0.29, 0.717) is 6.42 Å². The first-order valence-corrected chi connectivity index (χ1v) is 6.25. The van der Waals surface area contributed by atoms with Crippen molar-refractivity contribution < 1.29 is 22.6 Å². The van der Waals surface area contributed by atoms with Gasteiger partial charge in [0, 0.05) is 13.2 Å². The van der Waals surface area contributed by atoms with E-state index >= 15 is 0 Å². The highest BCUT2D eigenvalue weighted by Crippen LogP contribution is 2.24. The number of benzene rings is 1. The number of rotatable bonds is 6. The first-order chi connectivity index (χ1) is 9.18. The zero-order valence-corrected chi connectivity index (χ0v) is 12.0. The summed E-state index contributed by atoms with van der Waals surface area (Å²) < 4.78 is 45.4. The minimum atomic E-state index is -4.66. The highest BCUT2D eigenvalue weighted by molar-refractivity contribution is 5.28. The summed E-state index contributed by atoms with van der Waals surface area (Å²) in [6.07, 6.45) is -4.02. The summed E-state index contributed by atoms with van der Waals surface area (Å²) in [4.78, 5) is 0. The molecular formula is C14H20F3NO2. The largest absolute Gasteiger partial charge is 0.573 e. The SMILES string of the molecule is CNC(Cc1ccc(OC(F)(F)F)cc1)C(C)(C)OC. The van der Waals surface area contributed by atoms with Gasteiger partial charge in [-0.2, -0.15) is 0 Å². The minimum absolute atomic E-state index is 0.0434. The summed E-state index contributed by atoms with van der Waals surface area (Å²) in [6, 6.07) is 5.92. The third kappa shape index (κ3) is 5.02. The van der Waals surface area contributed by atoms with Crippen molar-refractivity contribution in [2.75, 3.05) is 14.2 Å². The lowest BCUT2D eigenvalue weighted by Gasteiger charge is -2.33. The van der Waals surface area contributed by atoms with E-state index in [4.69, 9.17) is 4.74 Å². The Balaban J connectivity index is 2.74. The summed E-state index contributed by atoms with van der Waals surface area (Å²) >= 11 is 0. The molecule has 3 nitrogen and oxygen atoms in total. The fourth-order valence-corrected chi connectivity index (χ4v) is 1.90. The van der Waals surface area contributed by atoms with Gasteiger partial charge in [-0.1, -0.05) is 12.1 Å². The van der Waals surface area contributed by atoms with Crippen molar-refractivity contribution in [1.29, 1.82) is 0 Å². The maximum Gasteiger partial charge on any atom is 0.573 e. The van der Waals surface area contributed by atoms with Gasteiger partial charge in [-0.25, -0.2) is 0 Å². The molecule has 0 heterocycles. The van der Waals surface area contributed by atoms with Gasteiger partial charge in [0.25, 0.3) is 0 Å². The molecule has 0 fully saturated rings. The molecule has 0 aliphatic heterocycles. The summed E-state index contributed by atoms with van der Waals surface area (Å²) in [5, 5.41) is 3.16. The molecule has 1 atom stereocenters. The Bertz CT molecular complexity index is 415. The van der Waals surface area contributed by atoms with Gasteiger partial charge in [0.05, 0.1) is 5.60 Å². The van der Waals surface area contributed by atoms with Gasteiger partial charge in [0.1, 0.15) is 5.75 Å². The van der Waals surface area contributed by atoms with E-state index in [1.165, 1.54) is 12.1 Å². The van der Waals surface area contributed by atoms with Crippen molar-refractivity contribution in [1.82, 2.24) is 5.32 Å². The number of alkyl halides is 3. The predicted octanol–water partition coefficient (Wildman–Crippen LogP) is 3.14. The van der Waals surface area contributed by atoms with Crippen LogP contribution in [0.1, 0.15) is 19.4 Å². The van der Waals surface area contributed by atoms with Crippen molar-refractivity contribution in [2.45, 2.75) is 38.3 Å². The first-order valence-electron chi connectivity index (χ1n) is 6.25. The molecule has 1 aromatic carbocycles.